The molecule has 0 aliphatic heterocycles. The Hall–Kier alpha value is -1.37. The Labute approximate surface area is 177 Å². The lowest BCUT2D eigenvalue weighted by Crippen LogP contribution is -2.18. The first-order chi connectivity index (χ1) is 12.5. The van der Waals surface area contributed by atoms with Crippen molar-refractivity contribution in [1.29, 1.82) is 0 Å². The molecule has 0 radical (unpaired) electrons. The molecule has 0 spiro atoms. The summed E-state index contributed by atoms with van der Waals surface area (Å²) in [5, 5.41) is 2.08. The van der Waals surface area contributed by atoms with Crippen molar-refractivity contribution in [3.05, 3.63) is 67.5 Å². The Morgan fingerprint density at radius 2 is 1.73 bits per heavy atom. The predicted molar refractivity (Wildman–Crippen MR) is 114 cm³/mol. The average Bonchev–Trinajstić information content (AvgIpc) is 2.62. The zero-order chi connectivity index (χ0) is 18.7. The summed E-state index contributed by atoms with van der Waals surface area (Å²) >= 11 is 10.4. The molecule has 0 aliphatic rings. The van der Waals surface area contributed by atoms with Crippen LogP contribution in [0.15, 0.2) is 61.9 Å². The summed E-state index contributed by atoms with van der Waals surface area (Å²) in [6, 6.07) is 15.4. The predicted octanol–water partition coefficient (Wildman–Crippen LogP) is 6.67. The second-order valence-electron chi connectivity index (χ2n) is 5.62. The topological polar surface area (TPSA) is 35.5 Å². The second kappa shape index (κ2) is 8.55. The number of rotatable bonds is 5. The maximum atomic E-state index is 12.1. The third kappa shape index (κ3) is 4.48. The summed E-state index contributed by atoms with van der Waals surface area (Å²) < 4.78 is 13.6. The van der Waals surface area contributed by atoms with E-state index in [0.717, 1.165) is 30.6 Å². The molecule has 3 aromatic carbocycles. The lowest BCUT2D eigenvalue weighted by atomic mass is 10.1. The molecule has 0 fully saturated rings. The number of hydrogen-bond acceptors (Lipinski definition) is 3. The quantitative estimate of drug-likeness (QED) is 0.267. The highest BCUT2D eigenvalue weighted by atomic mass is 79.9. The third-order valence-electron chi connectivity index (χ3n) is 3.85. The third-order valence-corrected chi connectivity index (χ3v) is 5.79. The van der Waals surface area contributed by atoms with E-state index in [1.54, 1.807) is 6.07 Å². The molecule has 3 rings (SSSR count). The van der Waals surface area contributed by atoms with E-state index in [4.69, 9.17) is 9.47 Å². The summed E-state index contributed by atoms with van der Waals surface area (Å²) in [5.41, 5.74) is 1.17. The summed E-state index contributed by atoms with van der Waals surface area (Å²) in [7, 11) is 0. The summed E-state index contributed by atoms with van der Waals surface area (Å²) in [5.74, 6) is 0.619. The van der Waals surface area contributed by atoms with Crippen molar-refractivity contribution in [3.63, 3.8) is 0 Å². The smallest absolute Gasteiger partial charge is 0.349 e. The van der Waals surface area contributed by atoms with Crippen LogP contribution in [0.3, 0.4) is 0 Å². The van der Waals surface area contributed by atoms with Crippen LogP contribution in [0.4, 0.5) is 0 Å². The number of hydrogen-bond donors (Lipinski definition) is 0. The number of fused-ring (bicyclic) bond motifs is 1. The molecule has 26 heavy (non-hydrogen) atoms. The zero-order valence-electron chi connectivity index (χ0n) is 13.9. The van der Waals surface area contributed by atoms with Gasteiger partial charge in [-0.05, 0) is 84.9 Å². The van der Waals surface area contributed by atoms with E-state index in [1.807, 2.05) is 42.5 Å². The number of ether oxygens (including phenoxy) is 2. The fourth-order valence-corrected chi connectivity index (χ4v) is 3.98. The van der Waals surface area contributed by atoms with Crippen LogP contribution in [-0.4, -0.2) is 12.6 Å². The Bertz CT molecular complexity index is 970. The van der Waals surface area contributed by atoms with Crippen LogP contribution in [-0.2, 0) is 11.2 Å². The van der Waals surface area contributed by atoms with E-state index >= 15 is 0 Å². The van der Waals surface area contributed by atoms with Crippen molar-refractivity contribution in [2.45, 2.75) is 13.3 Å². The monoisotopic (exact) mass is 540 g/mol. The van der Waals surface area contributed by atoms with Crippen molar-refractivity contribution < 1.29 is 14.3 Å². The van der Waals surface area contributed by atoms with Crippen LogP contribution in [0.1, 0.15) is 12.5 Å². The van der Waals surface area contributed by atoms with Gasteiger partial charge in [0.1, 0.15) is 11.5 Å². The van der Waals surface area contributed by atoms with Gasteiger partial charge in [0.2, 0.25) is 0 Å². The van der Waals surface area contributed by atoms with Crippen LogP contribution in [0.5, 0.6) is 11.5 Å². The maximum Gasteiger partial charge on any atom is 0.349 e. The molecule has 6 heteroatoms. The number of esters is 1. The number of carbonyl (C=O) groups excluding carboxylic acids is 1. The van der Waals surface area contributed by atoms with Crippen LogP contribution < -0.4 is 9.47 Å². The molecule has 0 aromatic heterocycles. The Morgan fingerprint density at radius 1 is 0.962 bits per heavy atom. The Morgan fingerprint density at radius 3 is 2.46 bits per heavy atom. The van der Waals surface area contributed by atoms with Crippen molar-refractivity contribution in [2.24, 2.45) is 0 Å². The minimum atomic E-state index is -0.460. The van der Waals surface area contributed by atoms with E-state index in [2.05, 4.69) is 54.7 Å². The highest BCUT2D eigenvalue weighted by Gasteiger charge is 2.12. The van der Waals surface area contributed by atoms with Gasteiger partial charge in [-0.1, -0.05) is 41.1 Å². The summed E-state index contributed by atoms with van der Waals surface area (Å²) in [4.78, 5) is 12.1. The number of aryl methyl sites for hydroxylation is 1. The van der Waals surface area contributed by atoms with Gasteiger partial charge in [0, 0.05) is 4.47 Å². The average molecular weight is 543 g/mol. The highest BCUT2D eigenvalue weighted by Crippen LogP contribution is 2.34. The van der Waals surface area contributed by atoms with Crippen molar-refractivity contribution in [1.82, 2.24) is 0 Å². The molecule has 0 N–H and O–H groups in total. The lowest BCUT2D eigenvalue weighted by Gasteiger charge is -2.11. The highest BCUT2D eigenvalue weighted by molar-refractivity contribution is 9.11. The molecule has 0 heterocycles. The van der Waals surface area contributed by atoms with Crippen molar-refractivity contribution in [2.75, 3.05) is 6.61 Å². The van der Waals surface area contributed by atoms with E-state index in [-0.39, 0.29) is 6.61 Å². The van der Waals surface area contributed by atoms with Gasteiger partial charge in [-0.15, -0.1) is 0 Å². The molecule has 0 aliphatic carbocycles. The minimum Gasteiger partial charge on any atom is -0.481 e. The van der Waals surface area contributed by atoms with E-state index in [0.29, 0.717) is 11.5 Å². The molecule has 0 saturated carbocycles. The number of carbonyl (C=O) groups is 1. The standard InChI is InChI=1S/C20H15Br3O3/c1-2-12-3-7-17(16(22)9-12)26-19(24)11-25-18-8-4-13-10-14(21)5-6-15(13)20(18)23/h3-10H,2,11H2,1H3. The molecular weight excluding hydrogens is 528 g/mol. The molecule has 0 amide bonds. The Kier molecular flexibility index (Phi) is 6.37. The van der Waals surface area contributed by atoms with E-state index in [1.165, 1.54) is 5.56 Å². The van der Waals surface area contributed by atoms with Gasteiger partial charge in [-0.25, -0.2) is 4.79 Å². The van der Waals surface area contributed by atoms with Crippen LogP contribution >= 0.6 is 47.8 Å². The second-order valence-corrected chi connectivity index (χ2v) is 8.19. The molecule has 0 bridgehead atoms. The largest absolute Gasteiger partial charge is 0.481 e. The van der Waals surface area contributed by atoms with Gasteiger partial charge in [-0.3, -0.25) is 0 Å². The van der Waals surface area contributed by atoms with Gasteiger partial charge in [0.15, 0.2) is 6.61 Å². The molecule has 0 unspecified atom stereocenters. The van der Waals surface area contributed by atoms with Gasteiger partial charge in [0.25, 0.3) is 0 Å². The van der Waals surface area contributed by atoms with Crippen LogP contribution in [0.25, 0.3) is 10.8 Å². The number of halogens is 3. The zero-order valence-corrected chi connectivity index (χ0v) is 18.6. The molecule has 134 valence electrons. The SMILES string of the molecule is CCc1ccc(OC(=O)COc2ccc3cc(Br)ccc3c2Br)c(Br)c1. The van der Waals surface area contributed by atoms with E-state index in [9.17, 15) is 4.79 Å². The van der Waals surface area contributed by atoms with Crippen LogP contribution in [0.2, 0.25) is 0 Å². The van der Waals surface area contributed by atoms with Gasteiger partial charge >= 0.3 is 5.97 Å². The summed E-state index contributed by atoms with van der Waals surface area (Å²) in [6.45, 7) is 1.89. The normalized spacial score (nSPS) is 10.8. The number of benzene rings is 3. The fraction of sp³-hybridized carbons (Fsp3) is 0.150. The van der Waals surface area contributed by atoms with Crippen molar-refractivity contribution in [3.8, 4) is 11.5 Å². The fourth-order valence-electron chi connectivity index (χ4n) is 2.49. The first-order valence-corrected chi connectivity index (χ1v) is 10.4. The van der Waals surface area contributed by atoms with Gasteiger partial charge in [-0.2, -0.15) is 0 Å². The maximum absolute atomic E-state index is 12.1. The summed E-state index contributed by atoms with van der Waals surface area (Å²) in [6.07, 6.45) is 0.919. The van der Waals surface area contributed by atoms with Crippen LogP contribution in [0, 0.1) is 0 Å². The Balaban J connectivity index is 1.69. The first-order valence-electron chi connectivity index (χ1n) is 7.97. The molecular formula is C20H15Br3O3. The molecule has 3 nitrogen and oxygen atoms in total. The lowest BCUT2D eigenvalue weighted by molar-refractivity contribution is -0.136. The first kappa shape index (κ1) is 19.4. The van der Waals surface area contributed by atoms with Gasteiger partial charge < -0.3 is 9.47 Å². The van der Waals surface area contributed by atoms with Crippen molar-refractivity contribution >= 4 is 64.5 Å². The minimum absolute atomic E-state index is 0.178. The molecule has 0 saturated heterocycles. The molecule has 3 aromatic rings. The van der Waals surface area contributed by atoms with E-state index < -0.39 is 5.97 Å². The van der Waals surface area contributed by atoms with Gasteiger partial charge in [0.05, 0.1) is 8.95 Å². The molecule has 0 atom stereocenters.